The van der Waals surface area contributed by atoms with E-state index in [2.05, 4.69) is 5.32 Å². The van der Waals surface area contributed by atoms with Crippen molar-refractivity contribution in [1.82, 2.24) is 5.32 Å². The molecule has 1 N–H and O–H groups in total. The van der Waals surface area contributed by atoms with Gasteiger partial charge in [0, 0.05) is 11.6 Å². The van der Waals surface area contributed by atoms with E-state index in [1.54, 1.807) is 12.1 Å². The molecule has 0 saturated carbocycles. The highest BCUT2D eigenvalue weighted by molar-refractivity contribution is 6.30. The first-order valence-electron chi connectivity index (χ1n) is 4.38. The third kappa shape index (κ3) is 4.14. The normalized spacial score (nSPS) is 9.50. The minimum atomic E-state index is 0.586. The van der Waals surface area contributed by atoms with E-state index in [4.69, 9.17) is 16.3 Å². The molecule has 1 amide bonds. The van der Waals surface area contributed by atoms with Crippen molar-refractivity contribution in [2.45, 2.75) is 6.42 Å². The number of carbonyl (C=O) groups excluding carboxylic acids is 1. The van der Waals surface area contributed by atoms with Gasteiger partial charge in [0.2, 0.25) is 6.41 Å². The van der Waals surface area contributed by atoms with Crippen molar-refractivity contribution in [3.8, 4) is 5.75 Å². The molecule has 0 bridgehead atoms. The molecule has 0 spiro atoms. The molecule has 0 aliphatic rings. The van der Waals surface area contributed by atoms with Gasteiger partial charge in [0.25, 0.3) is 0 Å². The van der Waals surface area contributed by atoms with Gasteiger partial charge >= 0.3 is 0 Å². The molecule has 76 valence electrons. The molecule has 0 atom stereocenters. The topological polar surface area (TPSA) is 38.3 Å². The fourth-order valence-electron chi connectivity index (χ4n) is 0.954. The van der Waals surface area contributed by atoms with E-state index in [-0.39, 0.29) is 0 Å². The largest absolute Gasteiger partial charge is 0.494 e. The Morgan fingerprint density at radius 1 is 1.36 bits per heavy atom. The second-order valence-electron chi connectivity index (χ2n) is 2.73. The van der Waals surface area contributed by atoms with Crippen molar-refractivity contribution in [3.63, 3.8) is 0 Å². The molecular weight excluding hydrogens is 202 g/mol. The van der Waals surface area contributed by atoms with Crippen molar-refractivity contribution in [3.05, 3.63) is 29.3 Å². The van der Waals surface area contributed by atoms with Crippen LogP contribution < -0.4 is 10.1 Å². The van der Waals surface area contributed by atoms with E-state index < -0.39 is 0 Å². The van der Waals surface area contributed by atoms with Crippen LogP contribution in [0, 0.1) is 0 Å². The van der Waals surface area contributed by atoms with Gasteiger partial charge in [-0.25, -0.2) is 0 Å². The number of carbonyl (C=O) groups is 1. The van der Waals surface area contributed by atoms with Crippen molar-refractivity contribution in [2.24, 2.45) is 0 Å². The lowest BCUT2D eigenvalue weighted by Gasteiger charge is -2.05. The summed E-state index contributed by atoms with van der Waals surface area (Å²) in [5.41, 5.74) is 0. The van der Waals surface area contributed by atoms with Crippen molar-refractivity contribution >= 4 is 18.0 Å². The first kappa shape index (κ1) is 10.9. The van der Waals surface area contributed by atoms with E-state index >= 15 is 0 Å². The fraction of sp³-hybridized carbons (Fsp3) is 0.300. The minimum absolute atomic E-state index is 0.586. The Kier molecular flexibility index (Phi) is 4.86. The second-order valence-corrected chi connectivity index (χ2v) is 3.16. The Labute approximate surface area is 88.0 Å². The lowest BCUT2D eigenvalue weighted by molar-refractivity contribution is -0.109. The van der Waals surface area contributed by atoms with Gasteiger partial charge in [0.05, 0.1) is 6.61 Å². The molecule has 0 unspecified atom stereocenters. The first-order chi connectivity index (χ1) is 6.83. The van der Waals surface area contributed by atoms with E-state index in [0.717, 1.165) is 12.2 Å². The van der Waals surface area contributed by atoms with Gasteiger partial charge in [-0.05, 0) is 30.7 Å². The van der Waals surface area contributed by atoms with E-state index in [1.807, 2.05) is 12.1 Å². The van der Waals surface area contributed by atoms with Crippen LogP contribution in [0.1, 0.15) is 6.42 Å². The molecule has 1 aromatic rings. The van der Waals surface area contributed by atoms with Crippen LogP contribution in [-0.2, 0) is 4.79 Å². The van der Waals surface area contributed by atoms with Crippen LogP contribution in [-0.4, -0.2) is 19.6 Å². The predicted octanol–water partition coefficient (Wildman–Crippen LogP) is 1.85. The summed E-state index contributed by atoms with van der Waals surface area (Å²) in [7, 11) is 0. The Balaban J connectivity index is 2.18. The van der Waals surface area contributed by atoms with Gasteiger partial charge in [-0.2, -0.15) is 0 Å². The standard InChI is InChI=1S/C10H12ClNO2/c11-9-2-4-10(5-3-9)14-7-1-6-12-8-13/h2-5,8H,1,6-7H2,(H,12,13). The van der Waals surface area contributed by atoms with Crippen LogP contribution in [0.3, 0.4) is 0 Å². The average Bonchev–Trinajstić information content (AvgIpc) is 2.21. The third-order valence-corrected chi connectivity index (χ3v) is 1.88. The zero-order valence-electron chi connectivity index (χ0n) is 7.70. The molecule has 0 fully saturated rings. The number of halogens is 1. The molecule has 0 aliphatic heterocycles. The number of hydrogen-bond donors (Lipinski definition) is 1. The van der Waals surface area contributed by atoms with Gasteiger partial charge in [0.1, 0.15) is 5.75 Å². The monoisotopic (exact) mass is 213 g/mol. The summed E-state index contributed by atoms with van der Waals surface area (Å²) in [6.45, 7) is 1.22. The summed E-state index contributed by atoms with van der Waals surface area (Å²) in [5.74, 6) is 0.792. The molecule has 1 aromatic carbocycles. The predicted molar refractivity (Wildman–Crippen MR) is 55.6 cm³/mol. The summed E-state index contributed by atoms with van der Waals surface area (Å²) >= 11 is 5.71. The Hall–Kier alpha value is -1.22. The molecular formula is C10H12ClNO2. The van der Waals surface area contributed by atoms with E-state index in [9.17, 15) is 4.79 Å². The first-order valence-corrected chi connectivity index (χ1v) is 4.76. The van der Waals surface area contributed by atoms with E-state index in [1.165, 1.54) is 0 Å². The number of nitrogens with one attached hydrogen (secondary N) is 1. The van der Waals surface area contributed by atoms with Crippen molar-refractivity contribution in [1.29, 1.82) is 0 Å². The molecule has 0 heterocycles. The average molecular weight is 214 g/mol. The highest BCUT2D eigenvalue weighted by Crippen LogP contribution is 2.15. The van der Waals surface area contributed by atoms with Gasteiger partial charge in [-0.15, -0.1) is 0 Å². The summed E-state index contributed by atoms with van der Waals surface area (Å²) in [5, 5.41) is 3.26. The van der Waals surface area contributed by atoms with Gasteiger partial charge < -0.3 is 10.1 Å². The van der Waals surface area contributed by atoms with Crippen molar-refractivity contribution in [2.75, 3.05) is 13.2 Å². The van der Waals surface area contributed by atoms with Crippen LogP contribution >= 0.6 is 11.6 Å². The Bertz CT molecular complexity index is 274. The quantitative estimate of drug-likeness (QED) is 0.579. The van der Waals surface area contributed by atoms with E-state index in [0.29, 0.717) is 24.6 Å². The van der Waals surface area contributed by atoms with Crippen LogP contribution in [0.2, 0.25) is 5.02 Å². The lowest BCUT2D eigenvalue weighted by atomic mass is 10.3. The summed E-state index contributed by atoms with van der Waals surface area (Å²) in [6.07, 6.45) is 1.48. The van der Waals surface area contributed by atoms with Crippen molar-refractivity contribution < 1.29 is 9.53 Å². The number of ether oxygens (including phenoxy) is 1. The number of amides is 1. The Morgan fingerprint density at radius 2 is 2.07 bits per heavy atom. The zero-order chi connectivity index (χ0) is 10.2. The molecule has 0 saturated heterocycles. The fourth-order valence-corrected chi connectivity index (χ4v) is 1.08. The maximum Gasteiger partial charge on any atom is 0.207 e. The van der Waals surface area contributed by atoms with Crippen LogP contribution in [0.5, 0.6) is 5.75 Å². The second kappa shape index (κ2) is 6.27. The maximum absolute atomic E-state index is 9.91. The van der Waals surface area contributed by atoms with Crippen LogP contribution in [0.4, 0.5) is 0 Å². The highest BCUT2D eigenvalue weighted by Gasteiger charge is 1.93. The number of hydrogen-bond acceptors (Lipinski definition) is 2. The summed E-state index contributed by atoms with van der Waals surface area (Å²) in [4.78, 5) is 9.91. The lowest BCUT2D eigenvalue weighted by Crippen LogP contribution is -2.14. The molecule has 0 aromatic heterocycles. The molecule has 0 radical (unpaired) electrons. The zero-order valence-corrected chi connectivity index (χ0v) is 8.46. The van der Waals surface area contributed by atoms with Gasteiger partial charge in [-0.1, -0.05) is 11.6 Å². The van der Waals surface area contributed by atoms with Gasteiger partial charge in [0.15, 0.2) is 0 Å². The number of rotatable bonds is 6. The van der Waals surface area contributed by atoms with Crippen LogP contribution in [0.25, 0.3) is 0 Å². The molecule has 1 rings (SSSR count). The minimum Gasteiger partial charge on any atom is -0.494 e. The SMILES string of the molecule is O=CNCCCOc1ccc(Cl)cc1. The Morgan fingerprint density at radius 3 is 2.71 bits per heavy atom. The maximum atomic E-state index is 9.91. The smallest absolute Gasteiger partial charge is 0.207 e. The molecule has 0 aliphatic carbocycles. The molecule has 4 heteroatoms. The van der Waals surface area contributed by atoms with Crippen LogP contribution in [0.15, 0.2) is 24.3 Å². The summed E-state index contributed by atoms with van der Waals surface area (Å²) in [6, 6.07) is 7.19. The molecule has 14 heavy (non-hydrogen) atoms. The highest BCUT2D eigenvalue weighted by atomic mass is 35.5. The van der Waals surface area contributed by atoms with Gasteiger partial charge in [-0.3, -0.25) is 4.79 Å². The number of benzene rings is 1. The third-order valence-electron chi connectivity index (χ3n) is 1.63. The summed E-state index contributed by atoms with van der Waals surface area (Å²) < 4.78 is 5.39. The molecule has 3 nitrogen and oxygen atoms in total.